The van der Waals surface area contributed by atoms with Crippen molar-refractivity contribution >= 4 is 23.2 Å². The summed E-state index contributed by atoms with van der Waals surface area (Å²) in [6.07, 6.45) is 3.20. The van der Waals surface area contributed by atoms with Crippen LogP contribution in [0.1, 0.15) is 41.5 Å². The van der Waals surface area contributed by atoms with Crippen LogP contribution in [0.4, 0.5) is 11.4 Å². The van der Waals surface area contributed by atoms with Crippen molar-refractivity contribution in [1.82, 2.24) is 10.3 Å². The molecular weight excluding hydrogens is 392 g/mol. The molecule has 1 heterocycles. The van der Waals surface area contributed by atoms with Crippen molar-refractivity contribution in [3.63, 3.8) is 0 Å². The van der Waals surface area contributed by atoms with Gasteiger partial charge in [-0.25, -0.2) is 0 Å². The van der Waals surface area contributed by atoms with E-state index >= 15 is 0 Å². The summed E-state index contributed by atoms with van der Waals surface area (Å²) < 4.78 is 5.12. The molecule has 3 aromatic rings. The molecule has 3 rings (SSSR count). The molecule has 0 saturated heterocycles. The number of carbonyl (C=O) groups is 2. The Morgan fingerprint density at radius 1 is 1.00 bits per heavy atom. The van der Waals surface area contributed by atoms with Gasteiger partial charge in [0.05, 0.1) is 24.0 Å². The number of pyridine rings is 1. The SMILES string of the molecule is COc1ccc(C(=O)Nc2cc(-c3cnccc3C(=O)NC(C)(C)C)ccc2N)cc1. The highest BCUT2D eigenvalue weighted by Crippen LogP contribution is 2.30. The number of amides is 2. The summed E-state index contributed by atoms with van der Waals surface area (Å²) in [4.78, 5) is 29.6. The second kappa shape index (κ2) is 8.87. The van der Waals surface area contributed by atoms with Crippen LogP contribution >= 0.6 is 0 Å². The van der Waals surface area contributed by atoms with Crippen LogP contribution in [-0.4, -0.2) is 29.4 Å². The first-order valence-corrected chi connectivity index (χ1v) is 9.80. The number of benzene rings is 2. The molecule has 0 spiro atoms. The fraction of sp³-hybridized carbons (Fsp3) is 0.208. The van der Waals surface area contributed by atoms with Crippen molar-refractivity contribution in [3.8, 4) is 16.9 Å². The molecule has 2 aromatic carbocycles. The molecule has 160 valence electrons. The molecule has 7 nitrogen and oxygen atoms in total. The Kier molecular flexibility index (Phi) is 6.25. The third kappa shape index (κ3) is 5.39. The van der Waals surface area contributed by atoms with Crippen LogP contribution in [0, 0.1) is 0 Å². The Hall–Kier alpha value is -3.87. The van der Waals surface area contributed by atoms with E-state index in [9.17, 15) is 9.59 Å². The average molecular weight is 418 g/mol. The number of hydrogen-bond acceptors (Lipinski definition) is 5. The fourth-order valence-electron chi connectivity index (χ4n) is 3.00. The first-order valence-electron chi connectivity index (χ1n) is 9.80. The quantitative estimate of drug-likeness (QED) is 0.541. The molecule has 0 bridgehead atoms. The smallest absolute Gasteiger partial charge is 0.255 e. The minimum Gasteiger partial charge on any atom is -0.497 e. The van der Waals surface area contributed by atoms with Gasteiger partial charge in [-0.2, -0.15) is 0 Å². The van der Waals surface area contributed by atoms with Gasteiger partial charge in [-0.3, -0.25) is 14.6 Å². The van der Waals surface area contributed by atoms with Crippen molar-refractivity contribution in [2.75, 3.05) is 18.2 Å². The molecule has 2 amide bonds. The van der Waals surface area contributed by atoms with Gasteiger partial charge >= 0.3 is 0 Å². The van der Waals surface area contributed by atoms with Crippen molar-refractivity contribution in [3.05, 3.63) is 72.1 Å². The molecule has 31 heavy (non-hydrogen) atoms. The Morgan fingerprint density at radius 3 is 2.35 bits per heavy atom. The maximum atomic E-state index is 12.8. The molecule has 7 heteroatoms. The lowest BCUT2D eigenvalue weighted by molar-refractivity contribution is 0.0919. The number of ether oxygens (including phenoxy) is 1. The number of rotatable bonds is 5. The molecule has 4 N–H and O–H groups in total. The number of hydrogen-bond donors (Lipinski definition) is 3. The fourth-order valence-corrected chi connectivity index (χ4v) is 3.00. The van der Waals surface area contributed by atoms with E-state index in [1.807, 2.05) is 20.8 Å². The van der Waals surface area contributed by atoms with Gasteiger partial charge in [0, 0.05) is 29.1 Å². The minimum absolute atomic E-state index is 0.203. The lowest BCUT2D eigenvalue weighted by Crippen LogP contribution is -2.40. The van der Waals surface area contributed by atoms with Gasteiger partial charge in [0.15, 0.2) is 0 Å². The Morgan fingerprint density at radius 2 is 1.71 bits per heavy atom. The zero-order chi connectivity index (χ0) is 22.6. The van der Waals surface area contributed by atoms with Crippen molar-refractivity contribution in [2.45, 2.75) is 26.3 Å². The van der Waals surface area contributed by atoms with E-state index in [4.69, 9.17) is 10.5 Å². The van der Waals surface area contributed by atoms with E-state index in [0.717, 1.165) is 0 Å². The maximum absolute atomic E-state index is 12.8. The van der Waals surface area contributed by atoms with Gasteiger partial charge in [0.2, 0.25) is 0 Å². The van der Waals surface area contributed by atoms with E-state index in [0.29, 0.717) is 39.4 Å². The van der Waals surface area contributed by atoms with E-state index in [-0.39, 0.29) is 17.4 Å². The molecule has 0 aliphatic rings. The summed E-state index contributed by atoms with van der Waals surface area (Å²) in [5.41, 5.74) is 8.89. The largest absolute Gasteiger partial charge is 0.497 e. The second-order valence-electron chi connectivity index (χ2n) is 8.11. The number of nitrogens with one attached hydrogen (secondary N) is 2. The summed E-state index contributed by atoms with van der Waals surface area (Å²) in [5, 5.41) is 5.80. The second-order valence-corrected chi connectivity index (χ2v) is 8.11. The van der Waals surface area contributed by atoms with Crippen LogP contribution in [0.3, 0.4) is 0 Å². The Balaban J connectivity index is 1.91. The van der Waals surface area contributed by atoms with Gasteiger partial charge in [-0.1, -0.05) is 6.07 Å². The first-order chi connectivity index (χ1) is 14.7. The lowest BCUT2D eigenvalue weighted by atomic mass is 9.99. The number of methoxy groups -OCH3 is 1. The van der Waals surface area contributed by atoms with Crippen molar-refractivity contribution in [2.24, 2.45) is 0 Å². The molecule has 1 aromatic heterocycles. The maximum Gasteiger partial charge on any atom is 0.255 e. The van der Waals surface area contributed by atoms with Crippen LogP contribution in [0.5, 0.6) is 5.75 Å². The van der Waals surface area contributed by atoms with Gasteiger partial charge in [-0.05, 0) is 68.8 Å². The van der Waals surface area contributed by atoms with Gasteiger partial charge in [-0.15, -0.1) is 0 Å². The summed E-state index contributed by atoms with van der Waals surface area (Å²) in [5.74, 6) is 0.157. The highest BCUT2D eigenvalue weighted by atomic mass is 16.5. The van der Waals surface area contributed by atoms with E-state index in [2.05, 4.69) is 15.6 Å². The van der Waals surface area contributed by atoms with E-state index in [1.54, 1.807) is 68.0 Å². The van der Waals surface area contributed by atoms with Crippen LogP contribution < -0.4 is 21.1 Å². The van der Waals surface area contributed by atoms with E-state index < -0.39 is 0 Å². The molecular formula is C24H26N4O3. The zero-order valence-corrected chi connectivity index (χ0v) is 18.0. The summed E-state index contributed by atoms with van der Waals surface area (Å²) in [6.45, 7) is 5.76. The number of nitrogens with zero attached hydrogens (tertiary/aromatic N) is 1. The lowest BCUT2D eigenvalue weighted by Gasteiger charge is -2.21. The van der Waals surface area contributed by atoms with Gasteiger partial charge in [0.25, 0.3) is 11.8 Å². The van der Waals surface area contributed by atoms with Crippen molar-refractivity contribution < 1.29 is 14.3 Å². The Bertz CT molecular complexity index is 1100. The molecule has 0 unspecified atom stereocenters. The third-order valence-electron chi connectivity index (χ3n) is 4.52. The topological polar surface area (TPSA) is 106 Å². The highest BCUT2D eigenvalue weighted by Gasteiger charge is 2.19. The minimum atomic E-state index is -0.379. The zero-order valence-electron chi connectivity index (χ0n) is 18.0. The highest BCUT2D eigenvalue weighted by molar-refractivity contribution is 6.07. The average Bonchev–Trinajstić information content (AvgIpc) is 2.74. The monoisotopic (exact) mass is 418 g/mol. The molecule has 0 fully saturated rings. The van der Waals surface area contributed by atoms with Gasteiger partial charge < -0.3 is 21.1 Å². The third-order valence-corrected chi connectivity index (χ3v) is 4.52. The molecule has 0 aliphatic carbocycles. The summed E-state index contributed by atoms with van der Waals surface area (Å²) >= 11 is 0. The summed E-state index contributed by atoms with van der Waals surface area (Å²) in [7, 11) is 1.57. The van der Waals surface area contributed by atoms with Crippen molar-refractivity contribution in [1.29, 1.82) is 0 Å². The number of nitrogens with two attached hydrogens (primary N) is 1. The molecule has 0 atom stereocenters. The number of nitrogen functional groups attached to an aromatic ring is 1. The van der Waals surface area contributed by atoms with Crippen LogP contribution in [-0.2, 0) is 0 Å². The standard InChI is InChI=1S/C24H26N4O3/c1-24(2,3)28-23(30)18-11-12-26-14-19(18)16-7-10-20(25)21(13-16)27-22(29)15-5-8-17(31-4)9-6-15/h5-14H,25H2,1-4H3,(H,27,29)(H,28,30). The van der Waals surface area contributed by atoms with E-state index in [1.165, 1.54) is 0 Å². The van der Waals surface area contributed by atoms with Crippen LogP contribution in [0.25, 0.3) is 11.1 Å². The molecule has 0 radical (unpaired) electrons. The molecule has 0 saturated carbocycles. The van der Waals surface area contributed by atoms with Crippen LogP contribution in [0.2, 0.25) is 0 Å². The molecule has 0 aliphatic heterocycles. The first kappa shape index (κ1) is 21.8. The summed E-state index contributed by atoms with van der Waals surface area (Å²) in [6, 6.07) is 13.7. The van der Waals surface area contributed by atoms with Gasteiger partial charge in [0.1, 0.15) is 5.75 Å². The van der Waals surface area contributed by atoms with Crippen LogP contribution in [0.15, 0.2) is 60.9 Å². The predicted molar refractivity (Wildman–Crippen MR) is 122 cm³/mol. The number of aromatic nitrogens is 1. The predicted octanol–water partition coefficient (Wildman–Crippen LogP) is 4.12. The number of carbonyl (C=O) groups excluding carboxylic acids is 2. The normalized spacial score (nSPS) is 11.0. The number of anilines is 2. The Labute approximate surface area is 181 Å².